The Balaban J connectivity index is 1.79. The van der Waals surface area contributed by atoms with E-state index in [4.69, 9.17) is 5.73 Å². The molecule has 136 valence electrons. The highest BCUT2D eigenvalue weighted by Gasteiger charge is 2.45. The van der Waals surface area contributed by atoms with Crippen molar-refractivity contribution >= 4 is 40.9 Å². The van der Waals surface area contributed by atoms with E-state index in [2.05, 4.69) is 10.3 Å². The van der Waals surface area contributed by atoms with E-state index in [9.17, 15) is 14.5 Å². The fraction of sp³-hybridized carbons (Fsp3) is 0.350. The van der Waals surface area contributed by atoms with Gasteiger partial charge in [0.15, 0.2) is 5.78 Å². The number of amides is 1. The van der Waals surface area contributed by atoms with Gasteiger partial charge in [0.05, 0.1) is 29.1 Å². The summed E-state index contributed by atoms with van der Waals surface area (Å²) in [6, 6.07) is 0. The third-order valence-corrected chi connectivity index (χ3v) is 5.78. The largest absolute Gasteiger partial charge is 0.349 e. The number of carbonyl (C=O) groups excluding carboxylic acids is 2. The molecule has 1 amide bonds. The van der Waals surface area contributed by atoms with E-state index in [1.165, 1.54) is 0 Å². The lowest BCUT2D eigenvalue weighted by molar-refractivity contribution is -0.406. The van der Waals surface area contributed by atoms with Gasteiger partial charge in [-0.05, 0) is 30.6 Å². The molecule has 27 heavy (non-hydrogen) atoms. The summed E-state index contributed by atoms with van der Waals surface area (Å²) in [4.78, 5) is 41.3. The minimum absolute atomic E-state index is 0.00360. The van der Waals surface area contributed by atoms with Crippen LogP contribution in [0, 0.1) is 4.91 Å². The smallest absolute Gasteiger partial charge is 0.275 e. The molecule has 3 N–H and O–H groups in total. The summed E-state index contributed by atoms with van der Waals surface area (Å²) in [6.07, 6.45) is 7.34. The van der Waals surface area contributed by atoms with Crippen molar-refractivity contribution in [2.75, 3.05) is 13.1 Å². The van der Waals surface area contributed by atoms with E-state index in [-0.39, 0.29) is 31.2 Å². The Morgan fingerprint density at radius 2 is 2.11 bits per heavy atom. The zero-order valence-electron chi connectivity index (χ0n) is 14.8. The quantitative estimate of drug-likeness (QED) is 0.733. The molecule has 0 saturated heterocycles. The van der Waals surface area contributed by atoms with E-state index >= 15 is 0 Å². The number of rotatable bonds is 3. The maximum atomic E-state index is 13.0. The number of nitrogens with two attached hydrogens (primary N) is 1. The SMILES string of the molecule is NCC(=O)NCC1=c2c(c3c(c4c2=CC(=O)C4)[N+](=O)C2=C3CCCC2)C=N1. The van der Waals surface area contributed by atoms with Gasteiger partial charge in [-0.2, -0.15) is 0 Å². The Bertz CT molecular complexity index is 1140. The second kappa shape index (κ2) is 5.79. The average molecular weight is 363 g/mol. The average Bonchev–Trinajstić information content (AvgIpc) is 3.34. The molecule has 0 fully saturated rings. The van der Waals surface area contributed by atoms with Crippen LogP contribution in [0.15, 0.2) is 10.7 Å². The van der Waals surface area contributed by atoms with Gasteiger partial charge in [-0.15, -0.1) is 0 Å². The van der Waals surface area contributed by atoms with Gasteiger partial charge >= 0.3 is 0 Å². The van der Waals surface area contributed by atoms with Crippen molar-refractivity contribution in [1.82, 2.24) is 5.32 Å². The highest BCUT2D eigenvalue weighted by Crippen LogP contribution is 2.47. The summed E-state index contributed by atoms with van der Waals surface area (Å²) in [5.74, 6) is -0.261. The molecule has 0 saturated carbocycles. The molecule has 0 unspecified atom stereocenters. The first kappa shape index (κ1) is 16.3. The summed E-state index contributed by atoms with van der Waals surface area (Å²) >= 11 is 0. The molecule has 2 aliphatic carbocycles. The zero-order valence-corrected chi connectivity index (χ0v) is 14.8. The number of nitrogens with zero attached hydrogens (tertiary/aromatic N) is 2. The predicted molar refractivity (Wildman–Crippen MR) is 101 cm³/mol. The number of carbonyl (C=O) groups is 2. The van der Waals surface area contributed by atoms with Gasteiger partial charge < -0.3 is 11.1 Å². The molecule has 7 heteroatoms. The molecule has 0 spiro atoms. The number of nitroso groups, excluding NO2 is 1. The molecule has 0 aromatic heterocycles. The van der Waals surface area contributed by atoms with Crippen LogP contribution in [0.4, 0.5) is 5.69 Å². The van der Waals surface area contributed by atoms with Gasteiger partial charge in [0.1, 0.15) is 0 Å². The topological polar surface area (TPSA) is 105 Å². The number of nitrogens with one attached hydrogen (secondary N) is 1. The number of Topliss-reactive ketones (excluding diaryl/α,β-unsaturated/α-hetero) is 1. The van der Waals surface area contributed by atoms with Crippen molar-refractivity contribution < 1.29 is 14.3 Å². The lowest BCUT2D eigenvalue weighted by atomic mass is 9.88. The van der Waals surface area contributed by atoms with Crippen molar-refractivity contribution in [3.63, 3.8) is 0 Å². The highest BCUT2D eigenvalue weighted by atomic mass is 16.3. The van der Waals surface area contributed by atoms with Gasteiger partial charge in [0, 0.05) is 45.9 Å². The second-order valence-corrected chi connectivity index (χ2v) is 7.30. The first-order valence-electron chi connectivity index (χ1n) is 9.27. The maximum absolute atomic E-state index is 13.0. The normalized spacial score (nSPS) is 19.1. The van der Waals surface area contributed by atoms with Crippen molar-refractivity contribution in [1.29, 1.82) is 0 Å². The van der Waals surface area contributed by atoms with E-state index < -0.39 is 0 Å². The first-order chi connectivity index (χ1) is 13.1. The summed E-state index contributed by atoms with van der Waals surface area (Å²) < 4.78 is 1.05. The number of benzene rings is 1. The Labute approximate surface area is 154 Å². The van der Waals surface area contributed by atoms with Crippen molar-refractivity contribution in [3.8, 4) is 0 Å². The zero-order chi connectivity index (χ0) is 18.7. The molecule has 0 bridgehead atoms. The molecule has 7 nitrogen and oxygen atoms in total. The summed E-state index contributed by atoms with van der Waals surface area (Å²) in [6.45, 7) is 0.165. The number of hydrogen-bond donors (Lipinski definition) is 2. The van der Waals surface area contributed by atoms with Gasteiger partial charge in [0.25, 0.3) is 5.69 Å². The van der Waals surface area contributed by atoms with Crippen molar-refractivity contribution in [2.24, 2.45) is 10.7 Å². The van der Waals surface area contributed by atoms with Crippen LogP contribution in [0.2, 0.25) is 0 Å². The monoisotopic (exact) mass is 363 g/mol. The van der Waals surface area contributed by atoms with Crippen LogP contribution in [0.1, 0.15) is 42.4 Å². The first-order valence-corrected chi connectivity index (χ1v) is 9.27. The fourth-order valence-electron chi connectivity index (χ4n) is 4.63. The third-order valence-electron chi connectivity index (χ3n) is 5.78. The molecular weight excluding hydrogens is 344 g/mol. The maximum Gasteiger partial charge on any atom is 0.275 e. The molecular formula is C20H19N4O3+. The van der Waals surface area contributed by atoms with Gasteiger partial charge in [-0.3, -0.25) is 14.6 Å². The number of fused-ring (bicyclic) bond motifs is 7. The number of ketones is 1. The highest BCUT2D eigenvalue weighted by molar-refractivity contribution is 6.12. The van der Waals surface area contributed by atoms with Crippen LogP contribution in [-0.2, 0) is 16.0 Å². The molecule has 2 aliphatic heterocycles. The van der Waals surface area contributed by atoms with E-state index in [1.807, 2.05) is 0 Å². The summed E-state index contributed by atoms with van der Waals surface area (Å²) in [7, 11) is 0. The fourth-order valence-corrected chi connectivity index (χ4v) is 4.63. The van der Waals surface area contributed by atoms with E-state index in [1.54, 1.807) is 12.3 Å². The van der Waals surface area contributed by atoms with Crippen molar-refractivity contribution in [3.05, 3.63) is 37.7 Å². The van der Waals surface area contributed by atoms with E-state index in [0.717, 1.165) is 68.8 Å². The van der Waals surface area contributed by atoms with Crippen molar-refractivity contribution in [2.45, 2.75) is 32.1 Å². The lowest BCUT2D eigenvalue weighted by Gasteiger charge is -2.09. The minimum atomic E-state index is -0.257. The molecule has 1 aromatic carbocycles. The number of hydrogen-bond acceptors (Lipinski definition) is 5. The Morgan fingerprint density at radius 3 is 2.93 bits per heavy atom. The molecule has 2 heterocycles. The Kier molecular flexibility index (Phi) is 3.48. The minimum Gasteiger partial charge on any atom is -0.349 e. The molecule has 1 aromatic rings. The third kappa shape index (κ3) is 2.21. The Hall–Kier alpha value is -2.93. The van der Waals surface area contributed by atoms with Crippen LogP contribution >= 0.6 is 0 Å². The lowest BCUT2D eigenvalue weighted by Crippen LogP contribution is -2.36. The van der Waals surface area contributed by atoms with Crippen LogP contribution < -0.4 is 21.5 Å². The molecule has 0 atom stereocenters. The molecule has 4 aliphatic rings. The standard InChI is InChI=1S/C20H18N4O3/c21-7-17(26)23-9-15-18-12-5-10(25)6-13(12)20-19(14(18)8-22-15)11-3-1-2-4-16(11)24(20)27/h5,8H,1-4,6-7,9,21H2/p+1. The second-order valence-electron chi connectivity index (χ2n) is 7.30. The van der Waals surface area contributed by atoms with Crippen LogP contribution in [0.5, 0.6) is 0 Å². The summed E-state index contributed by atoms with van der Waals surface area (Å²) in [5, 5.41) is 4.41. The Morgan fingerprint density at radius 1 is 1.30 bits per heavy atom. The predicted octanol–water partition coefficient (Wildman–Crippen LogP) is -0.0830. The van der Waals surface area contributed by atoms with Crippen LogP contribution in [-0.4, -0.2) is 35.8 Å². The van der Waals surface area contributed by atoms with Gasteiger partial charge in [-0.1, -0.05) is 0 Å². The molecule has 5 rings (SSSR count). The van der Waals surface area contributed by atoms with Gasteiger partial charge in [-0.25, -0.2) is 0 Å². The summed E-state index contributed by atoms with van der Waals surface area (Å²) in [5.41, 5.74) is 11.3. The number of allylic oxidation sites excluding steroid dienone is 2. The number of aliphatic imine (C=N–C) groups is 1. The van der Waals surface area contributed by atoms with E-state index in [0.29, 0.717) is 11.4 Å². The van der Waals surface area contributed by atoms with Crippen LogP contribution in [0.25, 0.3) is 17.3 Å². The molecule has 0 radical (unpaired) electrons. The van der Waals surface area contributed by atoms with Crippen LogP contribution in [0.3, 0.4) is 0 Å². The van der Waals surface area contributed by atoms with Gasteiger partial charge in [0.2, 0.25) is 11.6 Å².